The van der Waals surface area contributed by atoms with Crippen molar-refractivity contribution in [2.45, 2.75) is 0 Å². The van der Waals surface area contributed by atoms with Gasteiger partial charge in [-0.1, -0.05) is 0 Å². The van der Waals surface area contributed by atoms with Crippen molar-refractivity contribution in [3.63, 3.8) is 0 Å². The highest BCUT2D eigenvalue weighted by Crippen LogP contribution is 2.45. The number of sulfone groups is 1. The van der Waals surface area contributed by atoms with Gasteiger partial charge in [-0.3, -0.25) is 0 Å². The lowest BCUT2D eigenvalue weighted by Gasteiger charge is -2.53. The van der Waals surface area contributed by atoms with Crippen molar-refractivity contribution in [2.75, 3.05) is 24.6 Å². The molecule has 6 heteroatoms. The lowest BCUT2D eigenvalue weighted by atomic mass is 9.85. The van der Waals surface area contributed by atoms with Gasteiger partial charge in [-0.2, -0.15) is 0 Å². The standard InChI is InChI=1S/C5H8INO2S2/c6-10-7-1-5(2-7)3-11(8,9)4-5/h1-4H2. The van der Waals surface area contributed by atoms with Gasteiger partial charge >= 0.3 is 0 Å². The summed E-state index contributed by atoms with van der Waals surface area (Å²) in [5.41, 5.74) is 0.164. The molecule has 2 heterocycles. The maximum atomic E-state index is 10.9. The summed E-state index contributed by atoms with van der Waals surface area (Å²) in [6.45, 7) is 1.92. The van der Waals surface area contributed by atoms with Crippen LogP contribution in [-0.2, 0) is 9.84 Å². The van der Waals surface area contributed by atoms with Crippen molar-refractivity contribution < 1.29 is 8.42 Å². The molecule has 11 heavy (non-hydrogen) atoms. The van der Waals surface area contributed by atoms with E-state index in [-0.39, 0.29) is 5.41 Å². The molecule has 2 saturated heterocycles. The quantitative estimate of drug-likeness (QED) is 0.528. The Kier molecular flexibility index (Phi) is 1.94. The smallest absolute Gasteiger partial charge is 0.151 e. The summed E-state index contributed by atoms with van der Waals surface area (Å²) < 4.78 is 23.9. The molecule has 0 N–H and O–H groups in total. The van der Waals surface area contributed by atoms with Crippen LogP contribution in [0.1, 0.15) is 0 Å². The topological polar surface area (TPSA) is 37.4 Å². The number of hydrogen-bond acceptors (Lipinski definition) is 4. The van der Waals surface area contributed by atoms with E-state index in [0.29, 0.717) is 11.5 Å². The summed E-state index contributed by atoms with van der Waals surface area (Å²) in [4.78, 5) is 0. The van der Waals surface area contributed by atoms with E-state index in [9.17, 15) is 8.42 Å². The van der Waals surface area contributed by atoms with Crippen LogP contribution in [0.4, 0.5) is 0 Å². The van der Waals surface area contributed by atoms with Crippen LogP contribution in [0, 0.1) is 5.41 Å². The fourth-order valence-corrected chi connectivity index (χ4v) is 5.45. The molecule has 0 saturated carbocycles. The molecule has 2 fully saturated rings. The molecule has 2 rings (SSSR count). The van der Waals surface area contributed by atoms with E-state index in [1.54, 1.807) is 9.12 Å². The van der Waals surface area contributed by atoms with Gasteiger partial charge in [0.2, 0.25) is 0 Å². The second-order valence-electron chi connectivity index (χ2n) is 3.40. The average Bonchev–Trinajstić information content (AvgIpc) is 1.75. The molecule has 0 amide bonds. The summed E-state index contributed by atoms with van der Waals surface area (Å²) in [5, 5.41) is 0. The SMILES string of the molecule is O=S1(=O)CC2(CN(SI)C2)C1. The van der Waals surface area contributed by atoms with E-state index in [4.69, 9.17) is 0 Å². The molecule has 0 aromatic carbocycles. The Morgan fingerprint density at radius 1 is 1.36 bits per heavy atom. The van der Waals surface area contributed by atoms with Gasteiger partial charge in [0.05, 0.1) is 11.5 Å². The molecule has 2 aliphatic rings. The highest BCUT2D eigenvalue weighted by atomic mass is 127. The van der Waals surface area contributed by atoms with Crippen LogP contribution in [0.5, 0.6) is 0 Å². The zero-order chi connectivity index (χ0) is 8.11. The zero-order valence-electron chi connectivity index (χ0n) is 5.79. The maximum absolute atomic E-state index is 10.9. The predicted molar refractivity (Wildman–Crippen MR) is 54.3 cm³/mol. The number of rotatable bonds is 1. The minimum absolute atomic E-state index is 0.164. The van der Waals surface area contributed by atoms with E-state index in [2.05, 4.69) is 25.5 Å². The predicted octanol–water partition coefficient (Wildman–Crippen LogP) is 0.715. The molecule has 0 aromatic heterocycles. The fraction of sp³-hybridized carbons (Fsp3) is 1.00. The second kappa shape index (κ2) is 2.49. The van der Waals surface area contributed by atoms with Crippen LogP contribution in [-0.4, -0.2) is 37.3 Å². The second-order valence-corrected chi connectivity index (χ2v) is 7.30. The molecule has 0 aliphatic carbocycles. The third kappa shape index (κ3) is 1.42. The van der Waals surface area contributed by atoms with Crippen LogP contribution < -0.4 is 0 Å². The van der Waals surface area contributed by atoms with Gasteiger partial charge in [-0.05, 0) is 9.12 Å². The Morgan fingerprint density at radius 3 is 2.27 bits per heavy atom. The Bertz CT molecular complexity index is 256. The minimum Gasteiger partial charge on any atom is -0.240 e. The van der Waals surface area contributed by atoms with Crippen LogP contribution in [0.3, 0.4) is 0 Å². The van der Waals surface area contributed by atoms with Gasteiger partial charge in [0.1, 0.15) is 0 Å². The largest absolute Gasteiger partial charge is 0.240 e. The summed E-state index contributed by atoms with van der Waals surface area (Å²) in [5.74, 6) is 0.849. The van der Waals surface area contributed by atoms with Gasteiger partial charge < -0.3 is 0 Å². The maximum Gasteiger partial charge on any atom is 0.151 e. The van der Waals surface area contributed by atoms with Crippen molar-refractivity contribution in [2.24, 2.45) is 5.41 Å². The van der Waals surface area contributed by atoms with Crippen molar-refractivity contribution >= 4 is 40.2 Å². The van der Waals surface area contributed by atoms with E-state index in [0.717, 1.165) is 13.1 Å². The lowest BCUT2D eigenvalue weighted by Crippen LogP contribution is -2.66. The number of hydrogen-bond donors (Lipinski definition) is 0. The molecule has 0 radical (unpaired) electrons. The van der Waals surface area contributed by atoms with Crippen molar-refractivity contribution in [1.29, 1.82) is 0 Å². The van der Waals surface area contributed by atoms with Gasteiger partial charge in [0, 0.05) is 39.7 Å². The third-order valence-electron chi connectivity index (χ3n) is 2.17. The molecule has 64 valence electrons. The zero-order valence-corrected chi connectivity index (χ0v) is 9.58. The summed E-state index contributed by atoms with van der Waals surface area (Å²) in [7, 11) is -0.948. The van der Waals surface area contributed by atoms with Crippen LogP contribution >= 0.6 is 30.3 Å². The summed E-state index contributed by atoms with van der Waals surface area (Å²) >= 11 is 2.22. The summed E-state index contributed by atoms with van der Waals surface area (Å²) in [6, 6.07) is 0. The highest BCUT2D eigenvalue weighted by Gasteiger charge is 2.55. The fourth-order valence-electron chi connectivity index (χ4n) is 1.82. The molecular weight excluding hydrogens is 297 g/mol. The van der Waals surface area contributed by atoms with Crippen LogP contribution in [0.25, 0.3) is 0 Å². The first-order chi connectivity index (χ1) is 5.05. The van der Waals surface area contributed by atoms with E-state index in [1.165, 1.54) is 0 Å². The van der Waals surface area contributed by atoms with Crippen molar-refractivity contribution in [3.8, 4) is 0 Å². The average molecular weight is 305 g/mol. The Balaban J connectivity index is 1.93. The number of halogens is 1. The van der Waals surface area contributed by atoms with E-state index >= 15 is 0 Å². The van der Waals surface area contributed by atoms with Crippen LogP contribution in [0.15, 0.2) is 0 Å². The van der Waals surface area contributed by atoms with E-state index < -0.39 is 9.84 Å². The molecule has 0 atom stereocenters. The first kappa shape index (κ1) is 8.58. The third-order valence-corrected chi connectivity index (χ3v) is 6.40. The highest BCUT2D eigenvalue weighted by molar-refractivity contribution is 14.2. The summed E-state index contributed by atoms with van der Waals surface area (Å²) in [6.07, 6.45) is 0. The molecule has 0 aromatic rings. The monoisotopic (exact) mass is 305 g/mol. The van der Waals surface area contributed by atoms with Gasteiger partial charge in [-0.25, -0.2) is 12.7 Å². The molecule has 3 nitrogen and oxygen atoms in total. The molecule has 1 spiro atoms. The van der Waals surface area contributed by atoms with Crippen molar-refractivity contribution in [3.05, 3.63) is 0 Å². The molecule has 0 unspecified atom stereocenters. The Morgan fingerprint density at radius 2 is 1.91 bits per heavy atom. The normalized spacial score (nSPS) is 32.8. The van der Waals surface area contributed by atoms with Gasteiger partial charge in [0.25, 0.3) is 0 Å². The number of nitrogens with zero attached hydrogens (tertiary/aromatic N) is 1. The minimum atomic E-state index is -2.62. The first-order valence-electron chi connectivity index (χ1n) is 3.29. The van der Waals surface area contributed by atoms with Gasteiger partial charge in [0.15, 0.2) is 9.84 Å². The van der Waals surface area contributed by atoms with Crippen LogP contribution in [0.2, 0.25) is 0 Å². The van der Waals surface area contributed by atoms with E-state index in [1.807, 2.05) is 0 Å². The lowest BCUT2D eigenvalue weighted by molar-refractivity contribution is 0.115. The first-order valence-corrected chi connectivity index (χ1v) is 8.43. The Labute approximate surface area is 82.5 Å². The Hall–Kier alpha value is 0.990. The molecule has 0 bridgehead atoms. The van der Waals surface area contributed by atoms with Crippen molar-refractivity contribution in [1.82, 2.24) is 4.31 Å². The molecular formula is C5H8INO2S2. The molecule has 2 aliphatic heterocycles. The van der Waals surface area contributed by atoms with Gasteiger partial charge in [-0.15, -0.1) is 0 Å².